The lowest BCUT2D eigenvalue weighted by Crippen LogP contribution is -2.46. The van der Waals surface area contributed by atoms with Gasteiger partial charge in [-0.1, -0.05) is 11.6 Å². The average Bonchev–Trinajstić information content (AvgIpc) is 2.45. The van der Waals surface area contributed by atoms with E-state index in [1.807, 2.05) is 0 Å². The highest BCUT2D eigenvalue weighted by atomic mass is 35.5. The molecule has 1 aliphatic rings. The van der Waals surface area contributed by atoms with Crippen LogP contribution in [0.5, 0.6) is 0 Å². The minimum atomic E-state index is -3.46. The number of rotatable bonds is 4. The fourth-order valence-electron chi connectivity index (χ4n) is 2.29. The molecule has 1 saturated heterocycles. The second kappa shape index (κ2) is 6.86. The highest BCUT2D eigenvalue weighted by Crippen LogP contribution is 2.23. The summed E-state index contributed by atoms with van der Waals surface area (Å²) in [6.07, 6.45) is 0.241. The van der Waals surface area contributed by atoms with Gasteiger partial charge < -0.3 is 14.7 Å². The van der Waals surface area contributed by atoms with E-state index in [4.69, 9.17) is 21.4 Å². The molecule has 0 spiro atoms. The number of benzene rings is 1. The summed E-state index contributed by atoms with van der Waals surface area (Å²) >= 11 is 6.01. The smallest absolute Gasteiger partial charge is 0.306 e. The third kappa shape index (κ3) is 4.43. The molecular weight excluding hydrogens is 346 g/mol. The van der Waals surface area contributed by atoms with E-state index in [0.29, 0.717) is 0 Å². The maximum absolute atomic E-state index is 12.6. The van der Waals surface area contributed by atoms with Crippen LogP contribution in [0.1, 0.15) is 16.8 Å². The largest absolute Gasteiger partial charge is 0.481 e. The molecule has 1 N–H and O–H groups in total. The minimum Gasteiger partial charge on any atom is -0.481 e. The van der Waals surface area contributed by atoms with Crippen molar-refractivity contribution in [3.05, 3.63) is 28.8 Å². The first-order valence-corrected chi connectivity index (χ1v) is 9.07. The summed E-state index contributed by atoms with van der Waals surface area (Å²) in [6, 6.07) is 3.93. The molecule has 1 aromatic carbocycles. The first kappa shape index (κ1) is 17.7. The second-order valence-electron chi connectivity index (χ2n) is 5.26. The van der Waals surface area contributed by atoms with Crippen molar-refractivity contribution in [1.29, 1.82) is 0 Å². The Bertz CT molecular complexity index is 733. The van der Waals surface area contributed by atoms with Crippen molar-refractivity contribution in [2.75, 3.05) is 26.0 Å². The Morgan fingerprint density at radius 3 is 2.74 bits per heavy atom. The van der Waals surface area contributed by atoms with Crippen LogP contribution in [0.3, 0.4) is 0 Å². The summed E-state index contributed by atoms with van der Waals surface area (Å²) in [4.78, 5) is 24.7. The van der Waals surface area contributed by atoms with Crippen molar-refractivity contribution < 1.29 is 27.9 Å². The molecule has 0 radical (unpaired) electrons. The number of sulfone groups is 1. The first-order chi connectivity index (χ1) is 10.7. The number of carboxylic acids is 1. The van der Waals surface area contributed by atoms with Gasteiger partial charge in [0, 0.05) is 19.3 Å². The van der Waals surface area contributed by atoms with E-state index >= 15 is 0 Å². The van der Waals surface area contributed by atoms with E-state index in [1.165, 1.54) is 23.1 Å². The predicted octanol–water partition coefficient (Wildman–Crippen LogP) is 1.06. The third-order valence-corrected chi connectivity index (χ3v) is 4.86. The fourth-order valence-corrected chi connectivity index (χ4v) is 3.14. The number of carbonyl (C=O) groups is 2. The lowest BCUT2D eigenvalue weighted by molar-refractivity contribution is -0.141. The van der Waals surface area contributed by atoms with Crippen LogP contribution in [0.25, 0.3) is 0 Å². The summed E-state index contributed by atoms with van der Waals surface area (Å²) in [5.41, 5.74) is 0.0746. The molecule has 0 bridgehead atoms. The molecule has 23 heavy (non-hydrogen) atoms. The average molecular weight is 362 g/mol. The van der Waals surface area contributed by atoms with Crippen molar-refractivity contribution in [3.8, 4) is 0 Å². The molecule has 0 aromatic heterocycles. The quantitative estimate of drug-likeness (QED) is 0.860. The van der Waals surface area contributed by atoms with Crippen molar-refractivity contribution in [2.24, 2.45) is 0 Å². The Morgan fingerprint density at radius 2 is 2.13 bits per heavy atom. The van der Waals surface area contributed by atoms with Crippen LogP contribution in [0.15, 0.2) is 23.1 Å². The van der Waals surface area contributed by atoms with Crippen LogP contribution in [0.2, 0.25) is 5.02 Å². The Balaban J connectivity index is 2.24. The number of aliphatic carboxylic acids is 1. The molecule has 1 heterocycles. The second-order valence-corrected chi connectivity index (χ2v) is 7.68. The molecule has 0 unspecified atom stereocenters. The van der Waals surface area contributed by atoms with E-state index in [-0.39, 0.29) is 41.6 Å². The van der Waals surface area contributed by atoms with Crippen molar-refractivity contribution in [3.63, 3.8) is 0 Å². The highest BCUT2D eigenvalue weighted by molar-refractivity contribution is 7.90. The number of halogens is 1. The van der Waals surface area contributed by atoms with Gasteiger partial charge in [-0.15, -0.1) is 0 Å². The van der Waals surface area contributed by atoms with Crippen LogP contribution in [0, 0.1) is 0 Å². The van der Waals surface area contributed by atoms with E-state index in [1.54, 1.807) is 0 Å². The molecule has 7 nitrogen and oxygen atoms in total. The predicted molar refractivity (Wildman–Crippen MR) is 82.5 cm³/mol. The molecule has 1 aromatic rings. The van der Waals surface area contributed by atoms with Gasteiger partial charge >= 0.3 is 5.97 Å². The zero-order valence-corrected chi connectivity index (χ0v) is 13.9. The van der Waals surface area contributed by atoms with Gasteiger partial charge in [-0.2, -0.15) is 0 Å². The van der Waals surface area contributed by atoms with E-state index in [9.17, 15) is 18.0 Å². The van der Waals surface area contributed by atoms with Crippen LogP contribution < -0.4 is 0 Å². The van der Waals surface area contributed by atoms with Crippen molar-refractivity contribution >= 4 is 33.3 Å². The summed E-state index contributed by atoms with van der Waals surface area (Å²) < 4.78 is 28.5. The number of ether oxygens (including phenoxy) is 1. The topological polar surface area (TPSA) is 101 Å². The fraction of sp³-hybridized carbons (Fsp3) is 0.429. The van der Waals surface area contributed by atoms with Gasteiger partial charge in [0.05, 0.1) is 34.6 Å². The van der Waals surface area contributed by atoms with Gasteiger partial charge in [0.15, 0.2) is 9.84 Å². The van der Waals surface area contributed by atoms with Gasteiger partial charge in [-0.25, -0.2) is 8.42 Å². The van der Waals surface area contributed by atoms with Gasteiger partial charge in [0.2, 0.25) is 0 Å². The number of amides is 1. The molecule has 2 rings (SSSR count). The van der Waals surface area contributed by atoms with E-state index < -0.39 is 27.8 Å². The molecule has 126 valence electrons. The maximum Gasteiger partial charge on any atom is 0.306 e. The summed E-state index contributed by atoms with van der Waals surface area (Å²) in [6.45, 7) is 0.617. The number of nitrogens with zero attached hydrogens (tertiary/aromatic N) is 1. The lowest BCUT2D eigenvalue weighted by atomic mass is 10.1. The number of carbonyl (C=O) groups excluding carboxylic acids is 1. The van der Waals surface area contributed by atoms with Crippen molar-refractivity contribution in [1.82, 2.24) is 4.90 Å². The Kier molecular flexibility index (Phi) is 5.28. The molecule has 1 amide bonds. The summed E-state index contributed by atoms with van der Waals surface area (Å²) in [7, 11) is -3.46. The van der Waals surface area contributed by atoms with Gasteiger partial charge in [0.25, 0.3) is 5.91 Å². The molecule has 1 atom stereocenters. The van der Waals surface area contributed by atoms with Crippen LogP contribution in [0.4, 0.5) is 0 Å². The normalized spacial score (nSPS) is 18.7. The Labute approximate surface area is 138 Å². The molecule has 0 saturated carbocycles. The number of carboxylic acid groups (broad SMARTS) is 1. The maximum atomic E-state index is 12.6. The zero-order valence-electron chi connectivity index (χ0n) is 12.4. The van der Waals surface area contributed by atoms with Gasteiger partial charge in [-0.05, 0) is 18.2 Å². The third-order valence-electron chi connectivity index (χ3n) is 3.42. The standard InChI is InChI=1S/C14H16ClNO6S/c1-23(20,21)10-2-3-12(15)11(7-10)14(19)16-4-5-22-9(8-16)6-13(17)18/h2-3,7,9H,4-6,8H2,1H3,(H,17,18)/t9-/m0/s1. The monoisotopic (exact) mass is 361 g/mol. The van der Waals surface area contributed by atoms with Crippen LogP contribution >= 0.6 is 11.6 Å². The highest BCUT2D eigenvalue weighted by Gasteiger charge is 2.28. The van der Waals surface area contributed by atoms with Gasteiger partial charge in [0.1, 0.15) is 0 Å². The number of morpholine rings is 1. The van der Waals surface area contributed by atoms with Crippen molar-refractivity contribution in [2.45, 2.75) is 17.4 Å². The minimum absolute atomic E-state index is 0.000551. The molecular formula is C14H16ClNO6S. The molecule has 0 aliphatic carbocycles. The van der Waals surface area contributed by atoms with E-state index in [2.05, 4.69) is 0 Å². The van der Waals surface area contributed by atoms with Gasteiger partial charge in [-0.3, -0.25) is 9.59 Å². The Hall–Kier alpha value is -1.64. The zero-order chi connectivity index (χ0) is 17.2. The van der Waals surface area contributed by atoms with Crippen LogP contribution in [-0.4, -0.2) is 62.4 Å². The van der Waals surface area contributed by atoms with E-state index in [0.717, 1.165) is 6.26 Å². The van der Waals surface area contributed by atoms with Crippen LogP contribution in [-0.2, 0) is 19.4 Å². The SMILES string of the molecule is CS(=O)(=O)c1ccc(Cl)c(C(=O)N2CCO[C@@H](CC(=O)O)C2)c1. The molecule has 1 aliphatic heterocycles. The summed E-state index contributed by atoms with van der Waals surface area (Å²) in [5, 5.41) is 8.95. The number of hydrogen-bond acceptors (Lipinski definition) is 5. The first-order valence-electron chi connectivity index (χ1n) is 6.81. The molecule has 1 fully saturated rings. The lowest BCUT2D eigenvalue weighted by Gasteiger charge is -2.32. The molecule has 9 heteroatoms. The summed E-state index contributed by atoms with van der Waals surface area (Å²) in [5.74, 6) is -1.46. The number of hydrogen-bond donors (Lipinski definition) is 1. The Morgan fingerprint density at radius 1 is 1.43 bits per heavy atom.